The summed E-state index contributed by atoms with van der Waals surface area (Å²) in [6.45, 7) is 0.504. The van der Waals surface area contributed by atoms with E-state index in [0.717, 1.165) is 30.0 Å². The molecule has 3 aromatic rings. The number of aromatic nitrogens is 4. The van der Waals surface area contributed by atoms with Crippen molar-refractivity contribution >= 4 is 17.7 Å². The Morgan fingerprint density at radius 2 is 2.04 bits per heavy atom. The molecule has 0 bridgehead atoms. The van der Waals surface area contributed by atoms with Crippen LogP contribution < -0.4 is 5.32 Å². The molecule has 27 heavy (non-hydrogen) atoms. The highest BCUT2D eigenvalue weighted by Gasteiger charge is 2.19. The number of nitrogens with zero attached hydrogens (tertiary/aromatic N) is 4. The van der Waals surface area contributed by atoms with Crippen LogP contribution >= 0.6 is 11.8 Å². The second kappa shape index (κ2) is 8.39. The van der Waals surface area contributed by atoms with Gasteiger partial charge >= 0.3 is 0 Å². The van der Waals surface area contributed by atoms with Crippen LogP contribution in [0.25, 0.3) is 11.4 Å². The van der Waals surface area contributed by atoms with Gasteiger partial charge in [0.05, 0.1) is 18.6 Å². The van der Waals surface area contributed by atoms with E-state index < -0.39 is 0 Å². The quantitative estimate of drug-likeness (QED) is 0.631. The van der Waals surface area contributed by atoms with Crippen LogP contribution in [0.2, 0.25) is 0 Å². The zero-order valence-electron chi connectivity index (χ0n) is 14.9. The molecule has 0 aromatic carbocycles. The number of pyridine rings is 1. The Morgan fingerprint density at radius 3 is 2.78 bits per heavy atom. The highest BCUT2D eigenvalue weighted by Crippen LogP contribution is 2.25. The first-order valence-corrected chi connectivity index (χ1v) is 10.1. The van der Waals surface area contributed by atoms with Crippen molar-refractivity contribution in [3.8, 4) is 11.4 Å². The zero-order chi connectivity index (χ0) is 18.5. The Labute approximate surface area is 161 Å². The molecule has 1 fully saturated rings. The van der Waals surface area contributed by atoms with E-state index in [4.69, 9.17) is 4.42 Å². The Morgan fingerprint density at radius 1 is 1.22 bits per heavy atom. The fourth-order valence-corrected chi connectivity index (χ4v) is 4.03. The lowest BCUT2D eigenvalue weighted by Crippen LogP contribution is -2.33. The number of hydrogen-bond acceptors (Lipinski definition) is 6. The van der Waals surface area contributed by atoms with Gasteiger partial charge in [-0.1, -0.05) is 24.6 Å². The highest BCUT2D eigenvalue weighted by molar-refractivity contribution is 7.99. The maximum atomic E-state index is 12.3. The summed E-state index contributed by atoms with van der Waals surface area (Å²) in [4.78, 5) is 16.3. The van der Waals surface area contributed by atoms with Crippen LogP contribution in [0.15, 0.2) is 52.5 Å². The minimum absolute atomic E-state index is 0.0462. The smallest absolute Gasteiger partial charge is 0.230 e. The summed E-state index contributed by atoms with van der Waals surface area (Å²) in [5.41, 5.74) is 0.923. The number of amides is 1. The SMILES string of the molecule is O=C(CSc1nnc(-c2ccncc2)n1Cc1ccco1)NC1CCCC1. The van der Waals surface area contributed by atoms with Gasteiger partial charge in [-0.2, -0.15) is 0 Å². The first-order valence-electron chi connectivity index (χ1n) is 9.08. The Balaban J connectivity index is 1.51. The lowest BCUT2D eigenvalue weighted by Gasteiger charge is -2.12. The maximum Gasteiger partial charge on any atom is 0.230 e. The topological polar surface area (TPSA) is 85.8 Å². The molecule has 1 N–H and O–H groups in total. The highest BCUT2D eigenvalue weighted by atomic mass is 32.2. The van der Waals surface area contributed by atoms with Crippen LogP contribution in [0.5, 0.6) is 0 Å². The van der Waals surface area contributed by atoms with Gasteiger partial charge in [-0.05, 0) is 37.1 Å². The lowest BCUT2D eigenvalue weighted by atomic mass is 10.2. The molecule has 0 saturated heterocycles. The second-order valence-corrected chi connectivity index (χ2v) is 7.49. The number of carbonyl (C=O) groups is 1. The molecule has 1 aliphatic carbocycles. The Bertz CT molecular complexity index is 873. The van der Waals surface area contributed by atoms with E-state index in [0.29, 0.717) is 23.5 Å². The predicted molar refractivity (Wildman–Crippen MR) is 102 cm³/mol. The van der Waals surface area contributed by atoms with Crippen molar-refractivity contribution in [3.63, 3.8) is 0 Å². The molecule has 0 radical (unpaired) electrons. The number of hydrogen-bond donors (Lipinski definition) is 1. The Kier molecular flexibility index (Phi) is 5.53. The molecular formula is C19H21N5O2S. The van der Waals surface area contributed by atoms with Gasteiger partial charge in [0.15, 0.2) is 11.0 Å². The molecule has 1 saturated carbocycles. The van der Waals surface area contributed by atoms with Crippen LogP contribution in [-0.4, -0.2) is 37.5 Å². The van der Waals surface area contributed by atoms with Gasteiger partial charge in [0.1, 0.15) is 5.76 Å². The molecule has 3 heterocycles. The van der Waals surface area contributed by atoms with Gasteiger partial charge in [-0.15, -0.1) is 10.2 Å². The van der Waals surface area contributed by atoms with Gasteiger partial charge in [-0.25, -0.2) is 0 Å². The molecule has 4 rings (SSSR count). The molecule has 7 nitrogen and oxygen atoms in total. The van der Waals surface area contributed by atoms with Crippen molar-refractivity contribution in [2.24, 2.45) is 0 Å². The summed E-state index contributed by atoms with van der Waals surface area (Å²) in [7, 11) is 0. The van der Waals surface area contributed by atoms with Crippen LogP contribution in [0.3, 0.4) is 0 Å². The molecule has 1 amide bonds. The molecule has 3 aromatic heterocycles. The average Bonchev–Trinajstić information content (AvgIpc) is 3.44. The number of nitrogens with one attached hydrogen (secondary N) is 1. The number of rotatable bonds is 7. The summed E-state index contributed by atoms with van der Waals surface area (Å²) in [5, 5.41) is 12.5. The van der Waals surface area contributed by atoms with Crippen molar-refractivity contribution in [3.05, 3.63) is 48.7 Å². The minimum atomic E-state index is 0.0462. The molecule has 1 aliphatic rings. The molecular weight excluding hydrogens is 362 g/mol. The third kappa shape index (κ3) is 4.39. The minimum Gasteiger partial charge on any atom is -0.467 e. The average molecular weight is 383 g/mol. The number of thioether (sulfide) groups is 1. The molecule has 0 unspecified atom stereocenters. The zero-order valence-corrected chi connectivity index (χ0v) is 15.7. The van der Waals surface area contributed by atoms with E-state index in [-0.39, 0.29) is 5.91 Å². The maximum absolute atomic E-state index is 12.3. The van der Waals surface area contributed by atoms with Crippen molar-refractivity contribution in [1.29, 1.82) is 0 Å². The summed E-state index contributed by atoms with van der Waals surface area (Å²) >= 11 is 1.40. The summed E-state index contributed by atoms with van der Waals surface area (Å²) in [6.07, 6.45) is 9.66. The van der Waals surface area contributed by atoms with Gasteiger partial charge in [0, 0.05) is 24.0 Å². The van der Waals surface area contributed by atoms with Crippen molar-refractivity contribution < 1.29 is 9.21 Å². The number of carbonyl (C=O) groups excluding carboxylic acids is 1. The van der Waals surface area contributed by atoms with Crippen LogP contribution in [0.1, 0.15) is 31.4 Å². The normalized spacial score (nSPS) is 14.5. The Hall–Kier alpha value is -2.61. The third-order valence-electron chi connectivity index (χ3n) is 4.60. The monoisotopic (exact) mass is 383 g/mol. The van der Waals surface area contributed by atoms with Crippen molar-refractivity contribution in [2.75, 3.05) is 5.75 Å². The molecule has 0 atom stereocenters. The first kappa shape index (κ1) is 17.8. The van der Waals surface area contributed by atoms with Crippen molar-refractivity contribution in [2.45, 2.75) is 43.4 Å². The van der Waals surface area contributed by atoms with E-state index in [2.05, 4.69) is 20.5 Å². The van der Waals surface area contributed by atoms with Gasteiger partial charge in [-0.3, -0.25) is 14.3 Å². The van der Waals surface area contributed by atoms with E-state index in [1.165, 1.54) is 24.6 Å². The van der Waals surface area contributed by atoms with E-state index in [9.17, 15) is 4.79 Å². The molecule has 0 aliphatic heterocycles. The molecule has 8 heteroatoms. The van der Waals surface area contributed by atoms with Crippen molar-refractivity contribution in [1.82, 2.24) is 25.1 Å². The summed E-state index contributed by atoms with van der Waals surface area (Å²) in [5.74, 6) is 1.91. The predicted octanol–water partition coefficient (Wildman–Crippen LogP) is 3.13. The lowest BCUT2D eigenvalue weighted by molar-refractivity contribution is -0.119. The summed E-state index contributed by atoms with van der Waals surface area (Å²) < 4.78 is 7.46. The van der Waals surface area contributed by atoms with Crippen LogP contribution in [0, 0.1) is 0 Å². The largest absolute Gasteiger partial charge is 0.467 e. The molecule has 140 valence electrons. The fourth-order valence-electron chi connectivity index (χ4n) is 3.28. The van der Waals surface area contributed by atoms with E-state index >= 15 is 0 Å². The van der Waals surface area contributed by atoms with Crippen LogP contribution in [0.4, 0.5) is 0 Å². The fraction of sp³-hybridized carbons (Fsp3) is 0.368. The van der Waals surface area contributed by atoms with E-state index in [1.807, 2.05) is 28.8 Å². The number of furan rings is 1. The van der Waals surface area contributed by atoms with Crippen LogP contribution in [-0.2, 0) is 11.3 Å². The van der Waals surface area contributed by atoms with Gasteiger partial charge in [0.2, 0.25) is 5.91 Å². The van der Waals surface area contributed by atoms with E-state index in [1.54, 1.807) is 18.7 Å². The summed E-state index contributed by atoms with van der Waals surface area (Å²) in [6, 6.07) is 7.88. The standard InChI is InChI=1S/C19H21N5O2S/c25-17(21-15-4-1-2-5-15)13-27-19-23-22-18(14-7-9-20-10-8-14)24(19)12-16-6-3-11-26-16/h3,6-11,15H,1-2,4-5,12-13H2,(H,21,25). The van der Waals surface area contributed by atoms with Gasteiger partial charge in [0.25, 0.3) is 0 Å². The second-order valence-electron chi connectivity index (χ2n) is 6.55. The third-order valence-corrected chi connectivity index (χ3v) is 5.57. The van der Waals surface area contributed by atoms with Gasteiger partial charge < -0.3 is 9.73 Å². The molecule has 0 spiro atoms. The first-order chi connectivity index (χ1) is 13.3.